The molecule has 7 fully saturated rings. The maximum atomic E-state index is 13.4. The number of carbonyl (C=O) groups is 3. The van der Waals surface area contributed by atoms with Crippen LogP contribution < -0.4 is 0 Å². The molecule has 0 aromatic rings. The first kappa shape index (κ1) is 59.4. The Hall–Kier alpha value is -2.75. The number of allylic oxidation sites excluding steroid dienone is 3. The van der Waals surface area contributed by atoms with Crippen molar-refractivity contribution in [3.63, 3.8) is 0 Å². The van der Waals surface area contributed by atoms with Gasteiger partial charge in [0.2, 0.25) is 0 Å². The van der Waals surface area contributed by atoms with Crippen molar-refractivity contribution in [1.82, 2.24) is 0 Å². The zero-order valence-electron chi connectivity index (χ0n) is 45.3. The molecular weight excluding hydrogens is 1000 g/mol. The summed E-state index contributed by atoms with van der Waals surface area (Å²) in [7, 11) is 0. The molecule has 5 aliphatic carbocycles. The van der Waals surface area contributed by atoms with Crippen molar-refractivity contribution in [2.45, 2.75) is 225 Å². The molecule has 432 valence electrons. The highest BCUT2D eigenvalue weighted by atomic mass is 16.8. The first-order valence-corrected chi connectivity index (χ1v) is 26.9. The number of fused-ring (bicyclic) bond motifs is 7. The summed E-state index contributed by atoms with van der Waals surface area (Å²) in [6.45, 7) is 17.6. The third-order valence-corrected chi connectivity index (χ3v) is 20.5. The number of esters is 2. The molecule has 76 heavy (non-hydrogen) atoms. The van der Waals surface area contributed by atoms with Crippen LogP contribution in [-0.4, -0.2) is 204 Å². The molecule has 3 saturated heterocycles. The number of aliphatic hydroxyl groups is 10. The minimum absolute atomic E-state index is 0.0354. The van der Waals surface area contributed by atoms with Gasteiger partial charge in [0.05, 0.1) is 37.4 Å². The van der Waals surface area contributed by atoms with Crippen molar-refractivity contribution in [2.24, 2.45) is 50.2 Å². The zero-order valence-corrected chi connectivity index (χ0v) is 45.3. The Morgan fingerprint density at radius 1 is 0.724 bits per heavy atom. The number of hydrogen-bond acceptors (Lipinski definition) is 21. The Morgan fingerprint density at radius 3 is 2.00 bits per heavy atom. The van der Waals surface area contributed by atoms with Crippen molar-refractivity contribution < 1.29 is 108 Å². The van der Waals surface area contributed by atoms with Crippen molar-refractivity contribution in [1.29, 1.82) is 0 Å². The molecule has 0 amide bonds. The van der Waals surface area contributed by atoms with Crippen LogP contribution in [0.2, 0.25) is 0 Å². The van der Waals surface area contributed by atoms with Crippen LogP contribution in [0.25, 0.3) is 0 Å². The normalized spacial score (nSPS) is 49.9. The molecular formula is C54H84O22. The highest BCUT2D eigenvalue weighted by Crippen LogP contribution is 2.76. The van der Waals surface area contributed by atoms with Gasteiger partial charge in [-0.2, -0.15) is 0 Å². The number of hydrogen-bond donors (Lipinski definition) is 11. The lowest BCUT2D eigenvalue weighted by Crippen LogP contribution is -2.72. The fourth-order valence-electron chi connectivity index (χ4n) is 15.9. The zero-order chi connectivity index (χ0) is 56.2. The topological polar surface area (TPSA) is 348 Å². The van der Waals surface area contributed by atoms with E-state index < -0.39 is 181 Å². The molecule has 8 aliphatic rings. The SMILES string of the molecule is C/C=C(\C)C(=O)O[C@H]1[C@H](OC(C)=O)[C@]2(CO)[C@H](O)C[C@]3(C)C(=CC[C@@H]4[C@@]5(C)CC[C@H](O[C@@H]6O[C@H](C(=O)O)[C@@H](O)[C@H](O[C@@H]7OC[C@@H](O)[C@H](O)[C@H]7O)[C@H]6O[C@@H]6O[C@H](CO)[C@@H](O)[C@H](O)[C@H]6O)C(C)(C)[C@@H]5CC[C@]43C)[C@@H]2CC1(C)C. The molecule has 3 aliphatic heterocycles. The van der Waals surface area contributed by atoms with Crippen molar-refractivity contribution in [3.05, 3.63) is 23.3 Å². The van der Waals surface area contributed by atoms with E-state index in [0.29, 0.717) is 44.1 Å². The molecule has 0 aromatic carbocycles. The molecule has 22 heteroatoms. The van der Waals surface area contributed by atoms with E-state index in [1.54, 1.807) is 19.9 Å². The summed E-state index contributed by atoms with van der Waals surface area (Å²) in [4.78, 5) is 39.2. The third kappa shape index (κ3) is 9.42. The molecule has 0 unspecified atom stereocenters. The van der Waals surface area contributed by atoms with Crippen LogP contribution in [0.3, 0.4) is 0 Å². The maximum absolute atomic E-state index is 13.4. The summed E-state index contributed by atoms with van der Waals surface area (Å²) >= 11 is 0. The summed E-state index contributed by atoms with van der Waals surface area (Å²) in [5.74, 6) is -3.33. The summed E-state index contributed by atoms with van der Waals surface area (Å²) in [6.07, 6.45) is -22.0. The van der Waals surface area contributed by atoms with Gasteiger partial charge in [-0.15, -0.1) is 0 Å². The minimum atomic E-state index is -2.10. The highest BCUT2D eigenvalue weighted by Gasteiger charge is 2.74. The Balaban J connectivity index is 1.11. The first-order chi connectivity index (χ1) is 35.4. The Bertz CT molecular complexity index is 2220. The Morgan fingerprint density at radius 2 is 1.38 bits per heavy atom. The van der Waals surface area contributed by atoms with Gasteiger partial charge in [0.1, 0.15) is 73.2 Å². The van der Waals surface area contributed by atoms with E-state index in [4.69, 9.17) is 37.9 Å². The number of carboxylic acid groups (broad SMARTS) is 1. The fourth-order valence-corrected chi connectivity index (χ4v) is 15.9. The van der Waals surface area contributed by atoms with Crippen LogP contribution in [0, 0.1) is 50.2 Å². The van der Waals surface area contributed by atoms with Crippen molar-refractivity contribution >= 4 is 17.9 Å². The molecule has 0 spiro atoms. The van der Waals surface area contributed by atoms with Gasteiger partial charge < -0.3 is 94.1 Å². The van der Waals surface area contributed by atoms with Crippen LogP contribution in [0.1, 0.15) is 114 Å². The largest absolute Gasteiger partial charge is 0.479 e. The van der Waals surface area contributed by atoms with Crippen LogP contribution in [0.4, 0.5) is 0 Å². The summed E-state index contributed by atoms with van der Waals surface area (Å²) in [5, 5.41) is 121. The maximum Gasteiger partial charge on any atom is 0.335 e. The van der Waals surface area contributed by atoms with Crippen LogP contribution in [0.5, 0.6) is 0 Å². The highest BCUT2D eigenvalue weighted by molar-refractivity contribution is 5.87. The molecule has 3 heterocycles. The van der Waals surface area contributed by atoms with Crippen LogP contribution >= 0.6 is 0 Å². The van der Waals surface area contributed by atoms with E-state index >= 15 is 0 Å². The number of ether oxygens (including phenoxy) is 8. The van der Waals surface area contributed by atoms with Crippen molar-refractivity contribution in [2.75, 3.05) is 19.8 Å². The van der Waals surface area contributed by atoms with E-state index in [9.17, 15) is 70.6 Å². The lowest BCUT2D eigenvalue weighted by atomic mass is 9.33. The monoisotopic (exact) mass is 1080 g/mol. The third-order valence-electron chi connectivity index (χ3n) is 20.5. The van der Waals surface area contributed by atoms with Crippen LogP contribution in [-0.2, 0) is 52.3 Å². The van der Waals surface area contributed by atoms with Gasteiger partial charge in [0, 0.05) is 17.9 Å². The van der Waals surface area contributed by atoms with E-state index in [1.807, 2.05) is 13.8 Å². The Labute approximate surface area is 443 Å². The van der Waals surface area contributed by atoms with Gasteiger partial charge in [-0.25, -0.2) is 9.59 Å². The van der Waals surface area contributed by atoms with Gasteiger partial charge in [0.15, 0.2) is 25.0 Å². The first-order valence-electron chi connectivity index (χ1n) is 26.9. The van der Waals surface area contributed by atoms with Crippen LogP contribution in [0.15, 0.2) is 23.3 Å². The summed E-state index contributed by atoms with van der Waals surface area (Å²) in [5.41, 5.74) is -2.88. The molecule has 11 N–H and O–H groups in total. The summed E-state index contributed by atoms with van der Waals surface area (Å²) in [6, 6.07) is 0. The van der Waals surface area contributed by atoms with E-state index in [1.165, 1.54) is 6.92 Å². The number of aliphatic hydroxyl groups excluding tert-OH is 10. The van der Waals surface area contributed by atoms with Gasteiger partial charge >= 0.3 is 17.9 Å². The fraction of sp³-hybridized carbons (Fsp3) is 0.870. The van der Waals surface area contributed by atoms with Gasteiger partial charge in [-0.3, -0.25) is 4.79 Å². The predicted octanol–water partition coefficient (Wildman–Crippen LogP) is 0.346. The average molecular weight is 1090 g/mol. The predicted molar refractivity (Wildman–Crippen MR) is 262 cm³/mol. The van der Waals surface area contributed by atoms with Gasteiger partial charge in [-0.05, 0) is 98.2 Å². The summed E-state index contributed by atoms with van der Waals surface area (Å²) < 4.78 is 48.7. The van der Waals surface area contributed by atoms with Crippen molar-refractivity contribution in [3.8, 4) is 0 Å². The Kier molecular flexibility index (Phi) is 16.6. The standard InChI is InChI=1S/C54H84O22/c1-11-23(2)45(68)76-42-43(70-24(3)57)54(22-56)26(18-49(42,4)5)25-12-13-30-51(8)16-15-32(50(6,7)29(51)14-17-52(30,9)53(25,10)19-31(54)59)72-48-41(75-47-37(64)35(62)34(61)28(20-55)71-47)39(38(65)40(74-48)44(66)67)73-46-36(63)33(60)27(58)21-69-46/h11-12,26-43,46-48,55-56,58-65H,13-22H2,1-10H3,(H,66,67)/b23-11+/t26-,27+,28+,29-,30+,31+,32-,33-,34+,35-,36+,37+,38-,39-,40-,41+,42-,43-,46-,47-,48+,51-,52+,53+,54-/m0/s1. The smallest absolute Gasteiger partial charge is 0.335 e. The van der Waals surface area contributed by atoms with E-state index in [-0.39, 0.29) is 23.7 Å². The molecule has 0 radical (unpaired) electrons. The second-order valence-corrected chi connectivity index (χ2v) is 25.2. The molecule has 0 aromatic heterocycles. The molecule has 8 rings (SSSR count). The second kappa shape index (κ2) is 21.3. The quantitative estimate of drug-likeness (QED) is 0.0543. The number of aliphatic carboxylic acids is 1. The number of rotatable bonds is 12. The van der Waals surface area contributed by atoms with E-state index in [2.05, 4.69) is 40.7 Å². The molecule has 0 bridgehead atoms. The van der Waals surface area contributed by atoms with E-state index in [0.717, 1.165) is 5.57 Å². The second-order valence-electron chi connectivity index (χ2n) is 25.2. The molecule has 22 nitrogen and oxygen atoms in total. The lowest BCUT2D eigenvalue weighted by Gasteiger charge is -2.72. The number of carbonyl (C=O) groups excluding carboxylic acids is 2. The average Bonchev–Trinajstić information content (AvgIpc) is 3.34. The molecule has 4 saturated carbocycles. The number of carboxylic acids is 1. The minimum Gasteiger partial charge on any atom is -0.479 e. The van der Waals surface area contributed by atoms with Gasteiger partial charge in [0.25, 0.3) is 0 Å². The molecule has 25 atom stereocenters. The lowest BCUT2D eigenvalue weighted by molar-refractivity contribution is -0.392. The van der Waals surface area contributed by atoms with Gasteiger partial charge in [-0.1, -0.05) is 66.2 Å².